The molecule has 1 aromatic carbocycles. The lowest BCUT2D eigenvalue weighted by Crippen LogP contribution is -2.36. The number of amides is 2. The monoisotopic (exact) mass is 278 g/mol. The number of benzene rings is 1. The van der Waals surface area contributed by atoms with E-state index in [1.54, 1.807) is 22.8 Å². The molecule has 0 unspecified atom stereocenters. The van der Waals surface area contributed by atoms with Gasteiger partial charge in [0.25, 0.3) is 5.91 Å². The standard InChI is InChI=1S/C15H19FN2O2/c1-11-4-5-13(14(16)10-11)15(20)18-7-3-6-17(8-9-18)12(2)19/h4-5,10H,3,6-9H2,1-2H3. The van der Waals surface area contributed by atoms with Crippen LogP contribution in [0.4, 0.5) is 4.39 Å². The van der Waals surface area contributed by atoms with Gasteiger partial charge in [-0.15, -0.1) is 0 Å². The van der Waals surface area contributed by atoms with Crippen LogP contribution in [0.25, 0.3) is 0 Å². The average Bonchev–Trinajstić information content (AvgIpc) is 2.63. The third kappa shape index (κ3) is 3.15. The van der Waals surface area contributed by atoms with Gasteiger partial charge in [-0.3, -0.25) is 9.59 Å². The lowest BCUT2D eigenvalue weighted by Gasteiger charge is -2.21. The minimum absolute atomic E-state index is 0.0146. The topological polar surface area (TPSA) is 40.6 Å². The number of rotatable bonds is 1. The molecule has 1 aliphatic rings. The van der Waals surface area contributed by atoms with E-state index in [0.29, 0.717) is 26.2 Å². The second kappa shape index (κ2) is 6.03. The van der Waals surface area contributed by atoms with E-state index in [2.05, 4.69) is 0 Å². The number of hydrogen-bond donors (Lipinski definition) is 0. The lowest BCUT2D eigenvalue weighted by molar-refractivity contribution is -0.128. The third-order valence-electron chi connectivity index (χ3n) is 3.58. The Labute approximate surface area is 118 Å². The van der Waals surface area contributed by atoms with Crippen molar-refractivity contribution < 1.29 is 14.0 Å². The molecule has 0 saturated carbocycles. The first-order chi connectivity index (χ1) is 9.49. The zero-order valence-electron chi connectivity index (χ0n) is 11.9. The summed E-state index contributed by atoms with van der Waals surface area (Å²) in [7, 11) is 0. The molecule has 20 heavy (non-hydrogen) atoms. The summed E-state index contributed by atoms with van der Waals surface area (Å²) in [5.74, 6) is -0.767. The minimum atomic E-state index is -0.484. The van der Waals surface area contributed by atoms with Crippen molar-refractivity contribution in [1.82, 2.24) is 9.80 Å². The fraction of sp³-hybridized carbons (Fsp3) is 0.467. The number of halogens is 1. The summed E-state index contributed by atoms with van der Waals surface area (Å²) in [5, 5.41) is 0. The Morgan fingerprint density at radius 1 is 1.10 bits per heavy atom. The number of carbonyl (C=O) groups excluding carboxylic acids is 2. The molecule has 0 aliphatic carbocycles. The maximum Gasteiger partial charge on any atom is 0.256 e. The third-order valence-corrected chi connectivity index (χ3v) is 3.58. The van der Waals surface area contributed by atoms with Gasteiger partial charge in [0.15, 0.2) is 0 Å². The van der Waals surface area contributed by atoms with Crippen LogP contribution >= 0.6 is 0 Å². The van der Waals surface area contributed by atoms with Crippen molar-refractivity contribution in [2.24, 2.45) is 0 Å². The highest BCUT2D eigenvalue weighted by Crippen LogP contribution is 2.14. The van der Waals surface area contributed by atoms with Gasteiger partial charge in [0.1, 0.15) is 5.82 Å². The predicted molar refractivity (Wildman–Crippen MR) is 73.9 cm³/mol. The van der Waals surface area contributed by atoms with E-state index >= 15 is 0 Å². The van der Waals surface area contributed by atoms with E-state index in [9.17, 15) is 14.0 Å². The zero-order chi connectivity index (χ0) is 14.7. The highest BCUT2D eigenvalue weighted by atomic mass is 19.1. The quantitative estimate of drug-likeness (QED) is 0.786. The first-order valence-electron chi connectivity index (χ1n) is 6.80. The van der Waals surface area contributed by atoms with Gasteiger partial charge in [-0.05, 0) is 31.0 Å². The van der Waals surface area contributed by atoms with E-state index in [1.165, 1.54) is 19.1 Å². The summed E-state index contributed by atoms with van der Waals surface area (Å²) in [4.78, 5) is 27.0. The van der Waals surface area contributed by atoms with E-state index in [-0.39, 0.29) is 17.4 Å². The summed E-state index contributed by atoms with van der Waals surface area (Å²) in [6.07, 6.45) is 0.721. The van der Waals surface area contributed by atoms with Crippen molar-refractivity contribution in [3.05, 3.63) is 35.1 Å². The van der Waals surface area contributed by atoms with Gasteiger partial charge in [0, 0.05) is 33.1 Å². The van der Waals surface area contributed by atoms with Crippen LogP contribution in [-0.4, -0.2) is 47.8 Å². The molecule has 4 nitrogen and oxygen atoms in total. The molecule has 2 rings (SSSR count). The highest BCUT2D eigenvalue weighted by molar-refractivity contribution is 5.94. The van der Waals surface area contributed by atoms with Crippen molar-refractivity contribution in [2.75, 3.05) is 26.2 Å². The molecule has 0 bridgehead atoms. The molecule has 1 fully saturated rings. The Balaban J connectivity index is 2.11. The van der Waals surface area contributed by atoms with Gasteiger partial charge in [-0.2, -0.15) is 0 Å². The van der Waals surface area contributed by atoms with Gasteiger partial charge < -0.3 is 9.80 Å². The van der Waals surface area contributed by atoms with Gasteiger partial charge >= 0.3 is 0 Å². The van der Waals surface area contributed by atoms with Crippen LogP contribution in [0.15, 0.2) is 18.2 Å². The minimum Gasteiger partial charge on any atom is -0.341 e. The van der Waals surface area contributed by atoms with Crippen molar-refractivity contribution in [3.63, 3.8) is 0 Å². The first kappa shape index (κ1) is 14.5. The second-order valence-corrected chi connectivity index (χ2v) is 5.14. The molecule has 0 N–H and O–H groups in total. The van der Waals surface area contributed by atoms with E-state index in [1.807, 2.05) is 0 Å². The summed E-state index contributed by atoms with van der Waals surface area (Å²) >= 11 is 0. The molecule has 0 radical (unpaired) electrons. The number of hydrogen-bond acceptors (Lipinski definition) is 2. The number of aryl methyl sites for hydroxylation is 1. The molecule has 1 saturated heterocycles. The SMILES string of the molecule is CC(=O)N1CCCN(C(=O)c2ccc(C)cc2F)CC1. The molecule has 0 atom stereocenters. The summed E-state index contributed by atoms with van der Waals surface area (Å²) in [6.45, 7) is 5.47. The molecule has 5 heteroatoms. The normalized spacial score (nSPS) is 15.9. The molecule has 1 heterocycles. The average molecular weight is 278 g/mol. The Kier molecular flexibility index (Phi) is 4.37. The van der Waals surface area contributed by atoms with Crippen LogP contribution < -0.4 is 0 Å². The van der Waals surface area contributed by atoms with Crippen molar-refractivity contribution in [3.8, 4) is 0 Å². The molecule has 108 valence electrons. The van der Waals surface area contributed by atoms with E-state index in [4.69, 9.17) is 0 Å². The predicted octanol–water partition coefficient (Wildman–Crippen LogP) is 1.83. The van der Waals surface area contributed by atoms with Gasteiger partial charge in [-0.1, -0.05) is 6.07 Å². The lowest BCUT2D eigenvalue weighted by atomic mass is 10.1. The molecule has 1 aliphatic heterocycles. The number of nitrogens with zero attached hydrogens (tertiary/aromatic N) is 2. The van der Waals surface area contributed by atoms with Crippen molar-refractivity contribution in [1.29, 1.82) is 0 Å². The zero-order valence-corrected chi connectivity index (χ0v) is 11.9. The first-order valence-corrected chi connectivity index (χ1v) is 6.80. The Hall–Kier alpha value is -1.91. The smallest absolute Gasteiger partial charge is 0.256 e. The van der Waals surface area contributed by atoms with Crippen LogP contribution in [-0.2, 0) is 4.79 Å². The summed E-state index contributed by atoms with van der Waals surface area (Å²) < 4.78 is 13.9. The Bertz CT molecular complexity index is 531. The largest absolute Gasteiger partial charge is 0.341 e. The van der Waals surface area contributed by atoms with Gasteiger partial charge in [0.2, 0.25) is 5.91 Å². The highest BCUT2D eigenvalue weighted by Gasteiger charge is 2.23. The Morgan fingerprint density at radius 2 is 1.75 bits per heavy atom. The molecular formula is C15H19FN2O2. The maximum atomic E-state index is 13.9. The van der Waals surface area contributed by atoms with Crippen molar-refractivity contribution >= 4 is 11.8 Å². The Morgan fingerprint density at radius 3 is 2.40 bits per heavy atom. The van der Waals surface area contributed by atoms with Gasteiger partial charge in [0.05, 0.1) is 5.56 Å². The molecule has 0 spiro atoms. The van der Waals surface area contributed by atoms with Crippen molar-refractivity contribution in [2.45, 2.75) is 20.3 Å². The molecule has 0 aromatic heterocycles. The van der Waals surface area contributed by atoms with E-state index in [0.717, 1.165) is 12.0 Å². The van der Waals surface area contributed by atoms with Crippen LogP contribution in [0, 0.1) is 12.7 Å². The van der Waals surface area contributed by atoms with Crippen LogP contribution in [0.2, 0.25) is 0 Å². The van der Waals surface area contributed by atoms with Crippen LogP contribution in [0.5, 0.6) is 0 Å². The summed E-state index contributed by atoms with van der Waals surface area (Å²) in [6, 6.07) is 4.63. The summed E-state index contributed by atoms with van der Waals surface area (Å²) in [5.41, 5.74) is 0.893. The molecule has 1 aromatic rings. The maximum absolute atomic E-state index is 13.9. The van der Waals surface area contributed by atoms with Crippen LogP contribution in [0.1, 0.15) is 29.3 Å². The second-order valence-electron chi connectivity index (χ2n) is 5.14. The van der Waals surface area contributed by atoms with Gasteiger partial charge in [-0.25, -0.2) is 4.39 Å². The molecule has 2 amide bonds. The fourth-order valence-corrected chi connectivity index (χ4v) is 2.40. The van der Waals surface area contributed by atoms with Crippen LogP contribution in [0.3, 0.4) is 0 Å². The molecular weight excluding hydrogens is 259 g/mol. The fourth-order valence-electron chi connectivity index (χ4n) is 2.40. The number of carbonyl (C=O) groups is 2. The van der Waals surface area contributed by atoms with E-state index < -0.39 is 5.82 Å².